The third-order valence-electron chi connectivity index (χ3n) is 8.14. The van der Waals surface area contributed by atoms with Gasteiger partial charge in [-0.05, 0) is 75.6 Å². The molecule has 2 fully saturated rings. The van der Waals surface area contributed by atoms with Gasteiger partial charge in [0.2, 0.25) is 0 Å². The van der Waals surface area contributed by atoms with Gasteiger partial charge in [0.15, 0.2) is 0 Å². The highest BCUT2D eigenvalue weighted by molar-refractivity contribution is 5.74. The van der Waals surface area contributed by atoms with Gasteiger partial charge in [-0.25, -0.2) is 9.18 Å². The number of benzene rings is 1. The van der Waals surface area contributed by atoms with Crippen molar-refractivity contribution in [1.82, 2.24) is 15.5 Å². The number of nitrogens with one attached hydrogen (secondary N) is 2. The maximum atomic E-state index is 14.1. The molecule has 1 saturated carbocycles. The van der Waals surface area contributed by atoms with E-state index in [-0.39, 0.29) is 29.7 Å². The molecule has 1 saturated heterocycles. The van der Waals surface area contributed by atoms with Crippen molar-refractivity contribution >= 4 is 6.03 Å². The Morgan fingerprint density at radius 3 is 2.69 bits per heavy atom. The molecule has 7 nitrogen and oxygen atoms in total. The summed E-state index contributed by atoms with van der Waals surface area (Å²) in [5.74, 6) is -0.385. The summed E-state index contributed by atoms with van der Waals surface area (Å²) in [5.41, 5.74) is -0.672. The number of carbonyl (C=O) groups excluding carboxylic acids is 1. The van der Waals surface area contributed by atoms with E-state index in [2.05, 4.69) is 10.6 Å². The summed E-state index contributed by atoms with van der Waals surface area (Å²) < 4.78 is 19.3. The van der Waals surface area contributed by atoms with Gasteiger partial charge in [0.1, 0.15) is 5.82 Å². The molecule has 8 heteroatoms. The fourth-order valence-electron chi connectivity index (χ4n) is 6.07. The minimum Gasteiger partial charge on any atom is -0.391 e. The van der Waals surface area contributed by atoms with Crippen molar-refractivity contribution in [3.63, 3.8) is 0 Å². The van der Waals surface area contributed by atoms with Crippen LogP contribution in [0.5, 0.6) is 0 Å². The minimum atomic E-state index is -1.24. The first-order valence-corrected chi connectivity index (χ1v) is 13.7. The number of hydrogen-bond donors (Lipinski definition) is 4. The van der Waals surface area contributed by atoms with E-state index in [1.54, 1.807) is 24.1 Å². The second kappa shape index (κ2) is 14.3. The average molecular weight is 508 g/mol. The highest BCUT2D eigenvalue weighted by atomic mass is 19.1. The summed E-state index contributed by atoms with van der Waals surface area (Å²) in [4.78, 5) is 15.1. The number of nitrogens with zero attached hydrogens (tertiary/aromatic N) is 1. The second-order valence-corrected chi connectivity index (χ2v) is 10.7. The van der Waals surface area contributed by atoms with E-state index in [9.17, 15) is 19.4 Å². The van der Waals surface area contributed by atoms with Gasteiger partial charge in [0, 0.05) is 39.3 Å². The third-order valence-corrected chi connectivity index (χ3v) is 8.14. The number of urea groups is 1. The standard InChI is InChI=1S/C28H46FN3O4/c1-30-19-25(26(33)21-10-4-3-5-11-21)31-27(34)32-16-9-13-23(20-32)28(35,15-6-7-17-36-2)22-12-8-14-24(29)18-22/h8,12,14,18,21,23,25-26,30,33,35H,3-7,9-11,13,15-17,19-20H2,1-2H3,(H,31,34)/t23?,25-,26+,28-/m1/s1. The first-order chi connectivity index (χ1) is 17.4. The van der Waals surface area contributed by atoms with Crippen molar-refractivity contribution in [3.8, 4) is 0 Å². The highest BCUT2D eigenvalue weighted by Crippen LogP contribution is 2.40. The fourth-order valence-corrected chi connectivity index (χ4v) is 6.07. The lowest BCUT2D eigenvalue weighted by Crippen LogP contribution is -2.57. The van der Waals surface area contributed by atoms with E-state index in [4.69, 9.17) is 4.74 Å². The second-order valence-electron chi connectivity index (χ2n) is 10.7. The molecule has 1 heterocycles. The first-order valence-electron chi connectivity index (χ1n) is 13.7. The lowest BCUT2D eigenvalue weighted by Gasteiger charge is -2.43. The van der Waals surface area contributed by atoms with Crippen LogP contribution < -0.4 is 10.6 Å². The molecule has 3 rings (SSSR count). The number of hydrogen-bond acceptors (Lipinski definition) is 5. The van der Waals surface area contributed by atoms with Crippen LogP contribution >= 0.6 is 0 Å². The van der Waals surface area contributed by atoms with Crippen LogP contribution in [0.2, 0.25) is 0 Å². The van der Waals surface area contributed by atoms with Crippen LogP contribution in [0, 0.1) is 17.7 Å². The van der Waals surface area contributed by atoms with Crippen molar-refractivity contribution in [2.75, 3.05) is 40.4 Å². The molecule has 0 aromatic heterocycles. The Kier molecular flexibility index (Phi) is 11.4. The maximum Gasteiger partial charge on any atom is 0.317 e. The molecule has 2 aliphatic rings. The normalized spacial score (nSPS) is 22.6. The van der Waals surface area contributed by atoms with Gasteiger partial charge in [0.05, 0.1) is 17.7 Å². The van der Waals surface area contributed by atoms with Gasteiger partial charge >= 0.3 is 6.03 Å². The van der Waals surface area contributed by atoms with Crippen molar-refractivity contribution in [1.29, 1.82) is 0 Å². The number of ether oxygens (including phenoxy) is 1. The largest absolute Gasteiger partial charge is 0.391 e. The minimum absolute atomic E-state index is 0.205. The molecule has 0 spiro atoms. The summed E-state index contributed by atoms with van der Waals surface area (Å²) in [6.45, 7) is 2.08. The highest BCUT2D eigenvalue weighted by Gasteiger charge is 2.42. The van der Waals surface area contributed by atoms with E-state index in [0.29, 0.717) is 38.2 Å². The monoisotopic (exact) mass is 507 g/mol. The molecule has 0 bridgehead atoms. The van der Waals surface area contributed by atoms with E-state index < -0.39 is 11.7 Å². The Balaban J connectivity index is 1.71. The van der Waals surface area contributed by atoms with Gasteiger partial charge in [-0.2, -0.15) is 0 Å². The molecular formula is C28H46FN3O4. The van der Waals surface area contributed by atoms with Crippen LogP contribution in [0.1, 0.15) is 69.8 Å². The van der Waals surface area contributed by atoms with Gasteiger partial charge in [0.25, 0.3) is 0 Å². The molecule has 4 atom stereocenters. The molecule has 36 heavy (non-hydrogen) atoms. The van der Waals surface area contributed by atoms with Crippen molar-refractivity contribution in [2.45, 2.75) is 82.0 Å². The van der Waals surface area contributed by atoms with Crippen LogP contribution in [0.4, 0.5) is 9.18 Å². The van der Waals surface area contributed by atoms with Crippen LogP contribution in [0.3, 0.4) is 0 Å². The number of aliphatic hydroxyl groups is 2. The third kappa shape index (κ3) is 7.63. The summed E-state index contributed by atoms with van der Waals surface area (Å²) in [7, 11) is 3.48. The number of amides is 2. The number of aliphatic hydroxyl groups excluding tert-OH is 1. The van der Waals surface area contributed by atoms with E-state index >= 15 is 0 Å². The number of likely N-dealkylation sites (tertiary alicyclic amines) is 1. The quantitative estimate of drug-likeness (QED) is 0.323. The Labute approximate surface area is 215 Å². The molecule has 1 aliphatic heterocycles. The summed E-state index contributed by atoms with van der Waals surface area (Å²) in [6.07, 6.45) is 8.38. The molecule has 204 valence electrons. The summed E-state index contributed by atoms with van der Waals surface area (Å²) in [5, 5.41) is 29.2. The Hall–Kier alpha value is -1.74. The van der Waals surface area contributed by atoms with E-state index in [1.165, 1.54) is 18.6 Å². The Morgan fingerprint density at radius 2 is 2.00 bits per heavy atom. The lowest BCUT2D eigenvalue weighted by atomic mass is 9.74. The van der Waals surface area contributed by atoms with Crippen LogP contribution in [-0.4, -0.2) is 73.7 Å². The zero-order valence-electron chi connectivity index (χ0n) is 22.1. The van der Waals surface area contributed by atoms with Crippen LogP contribution in [0.25, 0.3) is 0 Å². The molecule has 1 aliphatic carbocycles. The molecular weight excluding hydrogens is 461 g/mol. The number of likely N-dealkylation sites (N-methyl/N-ethyl adjacent to an activating group) is 1. The molecule has 1 unspecified atom stereocenters. The number of halogens is 1. The zero-order valence-corrected chi connectivity index (χ0v) is 22.1. The average Bonchev–Trinajstić information content (AvgIpc) is 2.91. The smallest absolute Gasteiger partial charge is 0.317 e. The topological polar surface area (TPSA) is 94.1 Å². The first kappa shape index (κ1) is 28.8. The molecule has 0 radical (unpaired) electrons. The molecule has 1 aromatic carbocycles. The number of piperidine rings is 1. The fraction of sp³-hybridized carbons (Fsp3) is 0.750. The van der Waals surface area contributed by atoms with Crippen LogP contribution in [0.15, 0.2) is 24.3 Å². The van der Waals surface area contributed by atoms with Gasteiger partial charge < -0.3 is 30.5 Å². The SMILES string of the molecule is CNC[C@@H](NC(=O)N1CCCC([C@@](O)(CCCCOC)c2cccc(F)c2)C1)[C@@H](O)C1CCCCC1. The van der Waals surface area contributed by atoms with Crippen molar-refractivity contribution in [3.05, 3.63) is 35.6 Å². The number of unbranched alkanes of at least 4 members (excludes halogenated alkanes) is 1. The number of rotatable bonds is 12. The van der Waals surface area contributed by atoms with E-state index in [1.807, 2.05) is 7.05 Å². The van der Waals surface area contributed by atoms with Gasteiger partial charge in [-0.1, -0.05) is 31.4 Å². The van der Waals surface area contributed by atoms with Crippen molar-refractivity contribution < 1.29 is 24.1 Å². The Morgan fingerprint density at radius 1 is 1.22 bits per heavy atom. The van der Waals surface area contributed by atoms with Gasteiger partial charge in [-0.15, -0.1) is 0 Å². The predicted molar refractivity (Wildman–Crippen MR) is 139 cm³/mol. The number of carbonyl (C=O) groups is 1. The molecule has 2 amide bonds. The van der Waals surface area contributed by atoms with Crippen molar-refractivity contribution in [2.24, 2.45) is 11.8 Å². The predicted octanol–water partition coefficient (Wildman–Crippen LogP) is 3.78. The Bertz CT molecular complexity index is 807. The molecule has 4 N–H and O–H groups in total. The summed E-state index contributed by atoms with van der Waals surface area (Å²) >= 11 is 0. The lowest BCUT2D eigenvalue weighted by molar-refractivity contribution is -0.0568. The number of methoxy groups -OCH3 is 1. The maximum absolute atomic E-state index is 14.1. The van der Waals surface area contributed by atoms with Gasteiger partial charge in [-0.3, -0.25) is 0 Å². The molecule has 1 aromatic rings. The summed E-state index contributed by atoms with van der Waals surface area (Å²) in [6, 6.07) is 5.63. The van der Waals surface area contributed by atoms with E-state index in [0.717, 1.165) is 51.4 Å². The zero-order chi connectivity index (χ0) is 26.0. The van der Waals surface area contributed by atoms with Crippen LogP contribution in [-0.2, 0) is 10.3 Å².